The molecule has 0 spiro atoms. The zero-order chi connectivity index (χ0) is 18.5. The van der Waals surface area contributed by atoms with Crippen LogP contribution < -0.4 is 4.74 Å². The fourth-order valence-electron chi connectivity index (χ4n) is 3.90. The van der Waals surface area contributed by atoms with E-state index in [1.165, 1.54) is 16.7 Å². The van der Waals surface area contributed by atoms with Crippen LogP contribution in [-0.2, 0) is 13.1 Å². The van der Waals surface area contributed by atoms with Gasteiger partial charge < -0.3 is 4.74 Å². The van der Waals surface area contributed by atoms with Crippen molar-refractivity contribution in [1.82, 2.24) is 9.80 Å². The van der Waals surface area contributed by atoms with Gasteiger partial charge in [-0.25, -0.2) is 0 Å². The standard InChI is InChI=1S/C24H26N2O/c1-27-23-14-12-22(13-15-23)24-25(18-20-8-4-2-5-9-20)16-17-26(24)19-21-10-6-3-7-11-21/h2-15,24H,16-19H2,1H3. The molecule has 1 aliphatic heterocycles. The van der Waals surface area contributed by atoms with Gasteiger partial charge in [-0.15, -0.1) is 0 Å². The summed E-state index contributed by atoms with van der Waals surface area (Å²) < 4.78 is 5.35. The summed E-state index contributed by atoms with van der Waals surface area (Å²) in [6.07, 6.45) is 0.274. The van der Waals surface area contributed by atoms with Gasteiger partial charge in [0.15, 0.2) is 0 Å². The summed E-state index contributed by atoms with van der Waals surface area (Å²) in [5, 5.41) is 0. The van der Waals surface area contributed by atoms with Crippen molar-refractivity contribution in [3.05, 3.63) is 102 Å². The molecule has 27 heavy (non-hydrogen) atoms. The second kappa shape index (κ2) is 8.38. The molecule has 3 nitrogen and oxygen atoms in total. The Morgan fingerprint density at radius 3 is 1.63 bits per heavy atom. The van der Waals surface area contributed by atoms with Crippen LogP contribution in [0.15, 0.2) is 84.9 Å². The molecular weight excluding hydrogens is 332 g/mol. The number of nitrogens with zero attached hydrogens (tertiary/aromatic N) is 2. The summed E-state index contributed by atoms with van der Waals surface area (Å²) in [6.45, 7) is 4.06. The van der Waals surface area contributed by atoms with Crippen molar-refractivity contribution in [2.45, 2.75) is 19.3 Å². The van der Waals surface area contributed by atoms with Crippen LogP contribution in [0.4, 0.5) is 0 Å². The van der Waals surface area contributed by atoms with Gasteiger partial charge in [0.05, 0.1) is 13.3 Å². The van der Waals surface area contributed by atoms with Gasteiger partial charge in [-0.2, -0.15) is 0 Å². The molecular formula is C24H26N2O. The van der Waals surface area contributed by atoms with E-state index in [4.69, 9.17) is 4.74 Å². The van der Waals surface area contributed by atoms with Crippen molar-refractivity contribution in [3.8, 4) is 5.75 Å². The van der Waals surface area contributed by atoms with Gasteiger partial charge >= 0.3 is 0 Å². The number of methoxy groups -OCH3 is 1. The Morgan fingerprint density at radius 2 is 1.19 bits per heavy atom. The first-order valence-corrected chi connectivity index (χ1v) is 9.53. The van der Waals surface area contributed by atoms with Crippen molar-refractivity contribution in [2.75, 3.05) is 20.2 Å². The maximum Gasteiger partial charge on any atom is 0.118 e. The molecule has 1 aliphatic rings. The zero-order valence-corrected chi connectivity index (χ0v) is 15.8. The maximum absolute atomic E-state index is 5.35. The van der Waals surface area contributed by atoms with Gasteiger partial charge in [0.1, 0.15) is 5.75 Å². The van der Waals surface area contributed by atoms with E-state index < -0.39 is 0 Å². The maximum atomic E-state index is 5.35. The van der Waals surface area contributed by atoms with Crippen molar-refractivity contribution in [2.24, 2.45) is 0 Å². The van der Waals surface area contributed by atoms with E-state index in [1.807, 2.05) is 0 Å². The molecule has 0 bridgehead atoms. The Balaban J connectivity index is 1.60. The van der Waals surface area contributed by atoms with Crippen molar-refractivity contribution in [3.63, 3.8) is 0 Å². The third-order valence-corrected chi connectivity index (χ3v) is 5.24. The third kappa shape index (κ3) is 4.21. The number of ether oxygens (including phenoxy) is 1. The molecule has 1 fully saturated rings. The molecule has 0 aromatic heterocycles. The van der Waals surface area contributed by atoms with Crippen LogP contribution in [0.3, 0.4) is 0 Å². The van der Waals surface area contributed by atoms with Gasteiger partial charge in [0.25, 0.3) is 0 Å². The summed E-state index contributed by atoms with van der Waals surface area (Å²) in [4.78, 5) is 5.14. The average Bonchev–Trinajstić information content (AvgIpc) is 3.11. The topological polar surface area (TPSA) is 15.7 Å². The van der Waals surface area contributed by atoms with Gasteiger partial charge in [-0.1, -0.05) is 72.8 Å². The molecule has 0 N–H and O–H groups in total. The lowest BCUT2D eigenvalue weighted by molar-refractivity contribution is 0.126. The van der Waals surface area contributed by atoms with Crippen LogP contribution >= 0.6 is 0 Å². The van der Waals surface area contributed by atoms with Gasteiger partial charge in [-0.05, 0) is 28.8 Å². The quantitative estimate of drug-likeness (QED) is 0.634. The van der Waals surface area contributed by atoms with E-state index in [0.717, 1.165) is 31.9 Å². The van der Waals surface area contributed by atoms with Crippen molar-refractivity contribution in [1.29, 1.82) is 0 Å². The lowest BCUT2D eigenvalue weighted by atomic mass is 10.1. The lowest BCUT2D eigenvalue weighted by Crippen LogP contribution is -2.30. The van der Waals surface area contributed by atoms with E-state index in [2.05, 4.69) is 94.7 Å². The predicted octanol–water partition coefficient (Wildman–Crippen LogP) is 4.71. The molecule has 0 unspecified atom stereocenters. The minimum Gasteiger partial charge on any atom is -0.497 e. The normalized spacial score (nSPS) is 15.9. The van der Waals surface area contributed by atoms with E-state index in [1.54, 1.807) is 7.11 Å². The molecule has 0 radical (unpaired) electrons. The third-order valence-electron chi connectivity index (χ3n) is 5.24. The molecule has 138 valence electrons. The molecule has 0 atom stereocenters. The van der Waals surface area contributed by atoms with Gasteiger partial charge in [0.2, 0.25) is 0 Å². The molecule has 3 aromatic rings. The molecule has 1 saturated heterocycles. The highest BCUT2D eigenvalue weighted by atomic mass is 16.5. The number of hydrogen-bond donors (Lipinski definition) is 0. The van der Waals surface area contributed by atoms with Crippen LogP contribution in [0.25, 0.3) is 0 Å². The first-order valence-electron chi connectivity index (χ1n) is 9.53. The van der Waals surface area contributed by atoms with Gasteiger partial charge in [-0.3, -0.25) is 9.80 Å². The summed E-state index contributed by atoms with van der Waals surface area (Å²) >= 11 is 0. The van der Waals surface area contributed by atoms with Crippen LogP contribution in [0, 0.1) is 0 Å². The SMILES string of the molecule is COc1ccc(C2N(Cc3ccccc3)CCN2Cc2ccccc2)cc1. The highest BCUT2D eigenvalue weighted by Crippen LogP contribution is 2.33. The Labute approximate surface area is 161 Å². The highest BCUT2D eigenvalue weighted by molar-refractivity contribution is 5.30. The average molecular weight is 358 g/mol. The molecule has 3 aromatic carbocycles. The molecule has 4 rings (SSSR count). The van der Waals surface area contributed by atoms with Crippen molar-refractivity contribution >= 4 is 0 Å². The van der Waals surface area contributed by atoms with Crippen LogP contribution in [0.1, 0.15) is 22.9 Å². The Kier molecular flexibility index (Phi) is 5.52. The first kappa shape index (κ1) is 17.8. The minimum atomic E-state index is 0.274. The summed E-state index contributed by atoms with van der Waals surface area (Å²) in [6, 6.07) is 30.0. The molecule has 1 heterocycles. The second-order valence-electron chi connectivity index (χ2n) is 7.06. The largest absolute Gasteiger partial charge is 0.497 e. The molecule has 0 amide bonds. The Morgan fingerprint density at radius 1 is 0.704 bits per heavy atom. The van der Waals surface area contributed by atoms with E-state index >= 15 is 0 Å². The Hall–Kier alpha value is -2.62. The molecule has 0 aliphatic carbocycles. The van der Waals surface area contributed by atoms with E-state index in [-0.39, 0.29) is 6.17 Å². The monoisotopic (exact) mass is 358 g/mol. The number of hydrogen-bond acceptors (Lipinski definition) is 3. The molecule has 3 heteroatoms. The summed E-state index contributed by atoms with van der Waals surface area (Å²) in [7, 11) is 1.72. The summed E-state index contributed by atoms with van der Waals surface area (Å²) in [5.74, 6) is 0.904. The smallest absolute Gasteiger partial charge is 0.118 e. The number of rotatable bonds is 6. The van der Waals surface area contributed by atoms with E-state index in [9.17, 15) is 0 Å². The summed E-state index contributed by atoms with van der Waals surface area (Å²) in [5.41, 5.74) is 4.04. The van der Waals surface area contributed by atoms with Crippen molar-refractivity contribution < 1.29 is 4.74 Å². The van der Waals surface area contributed by atoms with Gasteiger partial charge in [0, 0.05) is 26.2 Å². The molecule has 0 saturated carbocycles. The van der Waals surface area contributed by atoms with Crippen LogP contribution in [0.2, 0.25) is 0 Å². The van der Waals surface area contributed by atoms with Crippen LogP contribution in [0.5, 0.6) is 5.75 Å². The minimum absolute atomic E-state index is 0.274. The Bertz CT molecular complexity index is 784. The van der Waals surface area contributed by atoms with E-state index in [0.29, 0.717) is 0 Å². The predicted molar refractivity (Wildman–Crippen MR) is 109 cm³/mol. The lowest BCUT2D eigenvalue weighted by Gasteiger charge is -2.31. The fourth-order valence-corrected chi connectivity index (χ4v) is 3.90. The first-order chi connectivity index (χ1) is 13.3. The zero-order valence-electron chi connectivity index (χ0n) is 15.8. The second-order valence-corrected chi connectivity index (χ2v) is 7.06. The fraction of sp³-hybridized carbons (Fsp3) is 0.250. The number of benzene rings is 3. The highest BCUT2D eigenvalue weighted by Gasteiger charge is 2.33. The van der Waals surface area contributed by atoms with Crippen LogP contribution in [-0.4, -0.2) is 30.0 Å².